The summed E-state index contributed by atoms with van der Waals surface area (Å²) in [7, 11) is 1.20. The molecule has 58 heavy (non-hydrogen) atoms. The highest BCUT2D eigenvalue weighted by Crippen LogP contribution is 2.55. The van der Waals surface area contributed by atoms with Gasteiger partial charge in [0.05, 0.1) is 27.7 Å². The second kappa shape index (κ2) is 26.5. The largest absolute Gasteiger partial charge is 0.756 e. The van der Waals surface area contributed by atoms with Crippen LogP contribution in [0.3, 0.4) is 0 Å². The number of hydrogen-bond donors (Lipinski definition) is 0. The molecule has 9 nitrogen and oxygen atoms in total. The minimum absolute atomic E-state index is 0.0216. The van der Waals surface area contributed by atoms with Gasteiger partial charge in [-0.05, 0) is 98.7 Å². The van der Waals surface area contributed by atoms with Gasteiger partial charge in [-0.15, -0.1) is 0 Å². The summed E-state index contributed by atoms with van der Waals surface area (Å²) in [5.74, 6) is 7.23. The SMILES string of the molecule is CCCCCC1CC1CC1CC1CCCCCCCC(=O)OC[C@H](COP(=O)([O-])OCC[N+](C)(C)C)OC(=O)CCCCCCCC1CC1CC1CC1CCCCC. The lowest BCUT2D eigenvalue weighted by molar-refractivity contribution is -0.870. The van der Waals surface area contributed by atoms with Crippen molar-refractivity contribution in [3.63, 3.8) is 0 Å². The number of unbranched alkanes of at least 4 members (excludes halogenated alkanes) is 12. The fraction of sp³-hybridized carbons (Fsp3) is 0.958. The number of ether oxygens (including phenoxy) is 2. The molecule has 0 bridgehead atoms. The molecule has 0 radical (unpaired) electrons. The predicted octanol–water partition coefficient (Wildman–Crippen LogP) is 11.6. The van der Waals surface area contributed by atoms with E-state index in [4.69, 9.17) is 18.5 Å². The van der Waals surface area contributed by atoms with E-state index in [0.29, 0.717) is 17.4 Å². The summed E-state index contributed by atoms with van der Waals surface area (Å²) in [5, 5.41) is 0. The van der Waals surface area contributed by atoms with Crippen LogP contribution in [0.1, 0.15) is 194 Å². The lowest BCUT2D eigenvalue weighted by Crippen LogP contribution is -2.37. The Hall–Kier alpha value is -0.990. The Labute approximate surface area is 355 Å². The summed E-state index contributed by atoms with van der Waals surface area (Å²) in [6.07, 6.45) is 32.8. The van der Waals surface area contributed by atoms with E-state index < -0.39 is 26.5 Å². The first-order chi connectivity index (χ1) is 27.9. The number of carbonyl (C=O) groups is 2. The quantitative estimate of drug-likeness (QED) is 0.0262. The second-order valence-corrected chi connectivity index (χ2v) is 21.9. The fourth-order valence-electron chi connectivity index (χ4n) is 9.57. The van der Waals surface area contributed by atoms with Crippen molar-refractivity contribution in [2.45, 2.75) is 200 Å². The van der Waals surface area contributed by atoms with Crippen molar-refractivity contribution < 1.29 is 42.1 Å². The molecule has 0 aliphatic heterocycles. The minimum Gasteiger partial charge on any atom is -0.756 e. The standard InChI is InChI=1S/C48H88NO8P/c1-6-8-16-22-38-30-42(38)34-44-32-40(44)24-18-12-10-14-20-26-47(50)54-36-46(37-56-58(52,53)55-29-28-49(3,4)5)57-48(51)27-21-15-11-13-19-25-41-33-45(41)35-43-31-39(43)23-17-9-7-2/h38-46H,6-37H2,1-5H3/t38?,39?,40?,41?,42?,43?,44?,45?,46-/m1/s1. The van der Waals surface area contributed by atoms with Crippen molar-refractivity contribution in [2.75, 3.05) is 47.5 Å². The van der Waals surface area contributed by atoms with Crippen LogP contribution in [0.15, 0.2) is 0 Å². The van der Waals surface area contributed by atoms with Gasteiger partial charge >= 0.3 is 11.9 Å². The Balaban J connectivity index is 1.02. The number of esters is 2. The van der Waals surface area contributed by atoms with Crippen LogP contribution in [-0.2, 0) is 32.7 Å². The van der Waals surface area contributed by atoms with Crippen LogP contribution in [-0.4, -0.2) is 70.0 Å². The van der Waals surface area contributed by atoms with E-state index in [9.17, 15) is 19.0 Å². The number of hydrogen-bond acceptors (Lipinski definition) is 8. The molecule has 338 valence electrons. The molecule has 10 heteroatoms. The van der Waals surface area contributed by atoms with Crippen LogP contribution >= 0.6 is 7.82 Å². The van der Waals surface area contributed by atoms with Gasteiger partial charge in [-0.1, -0.05) is 129 Å². The molecule has 10 atom stereocenters. The zero-order valence-corrected chi connectivity index (χ0v) is 38.9. The molecule has 0 aromatic carbocycles. The third-order valence-electron chi connectivity index (χ3n) is 13.9. The predicted molar refractivity (Wildman–Crippen MR) is 232 cm³/mol. The van der Waals surface area contributed by atoms with Gasteiger partial charge in [-0.25, -0.2) is 0 Å². The Morgan fingerprint density at radius 2 is 0.983 bits per heavy atom. The third-order valence-corrected chi connectivity index (χ3v) is 14.9. The number of phosphoric acid groups is 1. The molecule has 0 saturated heterocycles. The van der Waals surface area contributed by atoms with Crippen molar-refractivity contribution in [2.24, 2.45) is 47.3 Å². The van der Waals surface area contributed by atoms with E-state index in [0.717, 1.165) is 85.9 Å². The van der Waals surface area contributed by atoms with Crippen LogP contribution in [0.5, 0.6) is 0 Å². The van der Waals surface area contributed by atoms with E-state index in [2.05, 4.69) is 13.8 Å². The summed E-state index contributed by atoms with van der Waals surface area (Å²) in [6.45, 7) is 4.35. The molecular formula is C48H88NO8P. The van der Waals surface area contributed by atoms with Crippen LogP contribution in [0, 0.1) is 47.3 Å². The molecular weight excluding hydrogens is 750 g/mol. The normalized spacial score (nSPS) is 27.5. The maximum Gasteiger partial charge on any atom is 0.306 e. The van der Waals surface area contributed by atoms with E-state index >= 15 is 0 Å². The second-order valence-electron chi connectivity index (χ2n) is 20.5. The molecule has 0 aromatic rings. The van der Waals surface area contributed by atoms with Crippen molar-refractivity contribution >= 4 is 19.8 Å². The molecule has 0 N–H and O–H groups in total. The van der Waals surface area contributed by atoms with Crippen molar-refractivity contribution in [1.29, 1.82) is 0 Å². The zero-order valence-electron chi connectivity index (χ0n) is 38.0. The van der Waals surface area contributed by atoms with Crippen molar-refractivity contribution in [1.82, 2.24) is 0 Å². The lowest BCUT2D eigenvalue weighted by Gasteiger charge is -2.28. The minimum atomic E-state index is -4.62. The summed E-state index contributed by atoms with van der Waals surface area (Å²) in [5.41, 5.74) is 0. The van der Waals surface area contributed by atoms with Crippen LogP contribution < -0.4 is 4.89 Å². The zero-order chi connectivity index (χ0) is 41.8. The molecule has 4 rings (SSSR count). The van der Waals surface area contributed by atoms with Gasteiger partial charge in [0, 0.05) is 12.8 Å². The highest BCUT2D eigenvalue weighted by atomic mass is 31.2. The molecule has 0 amide bonds. The average Bonchev–Trinajstić information content (AvgIpc) is 3.99. The van der Waals surface area contributed by atoms with E-state index in [1.165, 1.54) is 128 Å². The van der Waals surface area contributed by atoms with Gasteiger partial charge in [-0.2, -0.15) is 0 Å². The fourth-order valence-corrected chi connectivity index (χ4v) is 10.3. The number of likely N-dealkylation sites (N-methyl/N-ethyl adjacent to an activating group) is 1. The maximum atomic E-state index is 12.8. The molecule has 0 heterocycles. The Morgan fingerprint density at radius 1 is 0.569 bits per heavy atom. The van der Waals surface area contributed by atoms with E-state index in [1.807, 2.05) is 21.1 Å². The number of nitrogens with zero attached hydrogens (tertiary/aromatic N) is 1. The van der Waals surface area contributed by atoms with Gasteiger partial charge in [0.25, 0.3) is 7.82 Å². The maximum absolute atomic E-state index is 12.8. The summed E-state index contributed by atoms with van der Waals surface area (Å²) in [4.78, 5) is 37.8. The van der Waals surface area contributed by atoms with Gasteiger partial charge in [0.2, 0.25) is 0 Å². The van der Waals surface area contributed by atoms with Crippen molar-refractivity contribution in [3.8, 4) is 0 Å². The highest BCUT2D eigenvalue weighted by molar-refractivity contribution is 7.45. The molecule has 4 aliphatic carbocycles. The molecule has 9 unspecified atom stereocenters. The topological polar surface area (TPSA) is 111 Å². The summed E-state index contributed by atoms with van der Waals surface area (Å²) in [6, 6.07) is 0. The number of carbonyl (C=O) groups excluding carboxylic acids is 2. The molecule has 4 saturated carbocycles. The first kappa shape index (κ1) is 49.7. The van der Waals surface area contributed by atoms with Crippen LogP contribution in [0.25, 0.3) is 0 Å². The molecule has 4 fully saturated rings. The Morgan fingerprint density at radius 3 is 1.43 bits per heavy atom. The number of rotatable bonds is 38. The smallest absolute Gasteiger partial charge is 0.306 e. The molecule has 0 spiro atoms. The van der Waals surface area contributed by atoms with Gasteiger partial charge in [0.1, 0.15) is 19.8 Å². The van der Waals surface area contributed by atoms with E-state index in [1.54, 1.807) is 0 Å². The van der Waals surface area contributed by atoms with Crippen molar-refractivity contribution in [3.05, 3.63) is 0 Å². The molecule has 0 aromatic heterocycles. The van der Waals surface area contributed by atoms with E-state index in [-0.39, 0.29) is 25.6 Å². The first-order valence-corrected chi connectivity index (χ1v) is 26.1. The van der Waals surface area contributed by atoms with Gasteiger partial charge in [-0.3, -0.25) is 14.2 Å². The van der Waals surface area contributed by atoms with Gasteiger partial charge in [0.15, 0.2) is 6.10 Å². The lowest BCUT2D eigenvalue weighted by atomic mass is 10.0. The average molecular weight is 838 g/mol. The Bertz CT molecular complexity index is 1210. The van der Waals surface area contributed by atoms with Crippen LogP contribution in [0.4, 0.5) is 0 Å². The Kier molecular flexibility index (Phi) is 22.7. The summed E-state index contributed by atoms with van der Waals surface area (Å²) >= 11 is 0. The third kappa shape index (κ3) is 22.7. The summed E-state index contributed by atoms with van der Waals surface area (Å²) < 4.78 is 34.2. The number of phosphoric ester groups is 1. The van der Waals surface area contributed by atoms with Crippen LogP contribution in [0.2, 0.25) is 0 Å². The highest BCUT2D eigenvalue weighted by Gasteiger charge is 2.45. The molecule has 4 aliphatic rings. The van der Waals surface area contributed by atoms with Gasteiger partial charge < -0.3 is 27.9 Å². The first-order valence-electron chi connectivity index (χ1n) is 24.6. The number of quaternary nitrogens is 1. The monoisotopic (exact) mass is 838 g/mol.